The minimum absolute atomic E-state index is 0.0662. The van der Waals surface area contributed by atoms with E-state index in [1.54, 1.807) is 65.8 Å². The van der Waals surface area contributed by atoms with Gasteiger partial charge in [-0.25, -0.2) is 0 Å². The van der Waals surface area contributed by atoms with E-state index in [-0.39, 0.29) is 17.7 Å². The second kappa shape index (κ2) is 11.8. The minimum atomic E-state index is -0.296. The molecule has 0 unspecified atom stereocenters. The average molecular weight is 516 g/mol. The molecule has 1 aliphatic rings. The first-order chi connectivity index (χ1) is 17.8. The third-order valence-electron chi connectivity index (χ3n) is 5.86. The number of ether oxygens (including phenoxy) is 1. The Bertz CT molecular complexity index is 1310. The first-order valence-corrected chi connectivity index (χ1v) is 12.9. The Morgan fingerprint density at radius 2 is 1.89 bits per heavy atom. The van der Waals surface area contributed by atoms with Crippen LogP contribution in [0.2, 0.25) is 0 Å². The summed E-state index contributed by atoms with van der Waals surface area (Å²) in [6.07, 6.45) is 4.58. The summed E-state index contributed by atoms with van der Waals surface area (Å²) in [7, 11) is 0. The van der Waals surface area contributed by atoms with Gasteiger partial charge in [-0.05, 0) is 55.0 Å². The minimum Gasteiger partial charge on any atom is -0.457 e. The van der Waals surface area contributed by atoms with Crippen LogP contribution < -0.4 is 10.1 Å². The molecule has 37 heavy (non-hydrogen) atoms. The summed E-state index contributed by atoms with van der Waals surface area (Å²) in [5.41, 5.74) is 2.49. The Kier molecular flexibility index (Phi) is 8.35. The Labute approximate surface area is 220 Å². The maximum absolute atomic E-state index is 12.9. The van der Waals surface area contributed by atoms with Gasteiger partial charge in [0.2, 0.25) is 5.91 Å². The van der Waals surface area contributed by atoms with Crippen LogP contribution in [0.3, 0.4) is 0 Å². The lowest BCUT2D eigenvalue weighted by Crippen LogP contribution is -2.24. The standard InChI is InChI=1S/C28H29N5O3S/c1-18(2)26(29)37-27(30)19-9-11-23(12-10-19)36-24-15-20(28(35)32-22-5-3-13-31-16-22)7-8-21(24)17-33-14-4-6-25(33)34/h3,5,7-13,15-16,18,29-30H,4,6,14,17H2,1-2H3,(H,32,35). The van der Waals surface area contributed by atoms with Gasteiger partial charge in [0.15, 0.2) is 0 Å². The second-order valence-electron chi connectivity index (χ2n) is 9.01. The fourth-order valence-electron chi connectivity index (χ4n) is 3.73. The van der Waals surface area contributed by atoms with Crippen LogP contribution in [0.25, 0.3) is 0 Å². The highest BCUT2D eigenvalue weighted by atomic mass is 32.2. The third-order valence-corrected chi connectivity index (χ3v) is 6.99. The van der Waals surface area contributed by atoms with E-state index in [4.69, 9.17) is 15.6 Å². The molecule has 1 saturated heterocycles. The number of pyridine rings is 1. The number of anilines is 1. The summed E-state index contributed by atoms with van der Waals surface area (Å²) in [4.78, 5) is 30.9. The van der Waals surface area contributed by atoms with Crippen LogP contribution in [0.1, 0.15) is 48.2 Å². The highest BCUT2D eigenvalue weighted by Crippen LogP contribution is 2.30. The van der Waals surface area contributed by atoms with Gasteiger partial charge in [0.05, 0.1) is 16.9 Å². The number of aromatic nitrogens is 1. The van der Waals surface area contributed by atoms with Crippen LogP contribution in [0.15, 0.2) is 67.0 Å². The molecule has 2 heterocycles. The average Bonchev–Trinajstić information content (AvgIpc) is 3.30. The zero-order chi connectivity index (χ0) is 26.4. The number of rotatable bonds is 8. The summed E-state index contributed by atoms with van der Waals surface area (Å²) >= 11 is 1.14. The molecule has 8 nitrogen and oxygen atoms in total. The molecule has 1 fully saturated rings. The van der Waals surface area contributed by atoms with E-state index >= 15 is 0 Å². The van der Waals surface area contributed by atoms with E-state index in [0.29, 0.717) is 57.9 Å². The normalized spacial score (nSPS) is 13.1. The summed E-state index contributed by atoms with van der Waals surface area (Å²) in [5.74, 6) is 0.903. The van der Waals surface area contributed by atoms with Gasteiger partial charge in [-0.2, -0.15) is 0 Å². The van der Waals surface area contributed by atoms with Crippen molar-refractivity contribution in [1.82, 2.24) is 9.88 Å². The van der Waals surface area contributed by atoms with Crippen LogP contribution in [0.4, 0.5) is 5.69 Å². The number of hydrogen-bond acceptors (Lipinski definition) is 7. The quantitative estimate of drug-likeness (QED) is 0.253. The van der Waals surface area contributed by atoms with E-state index in [1.165, 1.54) is 0 Å². The van der Waals surface area contributed by atoms with Crippen molar-refractivity contribution in [2.45, 2.75) is 33.2 Å². The summed E-state index contributed by atoms with van der Waals surface area (Å²) < 4.78 is 6.20. The smallest absolute Gasteiger partial charge is 0.255 e. The number of benzene rings is 2. The molecule has 3 aromatic rings. The summed E-state index contributed by atoms with van der Waals surface area (Å²) in [6, 6.07) is 15.8. The van der Waals surface area contributed by atoms with Crippen LogP contribution in [-0.4, -0.2) is 38.3 Å². The zero-order valence-corrected chi connectivity index (χ0v) is 21.6. The van der Waals surface area contributed by atoms with Crippen molar-refractivity contribution in [3.05, 3.63) is 83.7 Å². The van der Waals surface area contributed by atoms with E-state index in [0.717, 1.165) is 23.7 Å². The first-order valence-electron chi connectivity index (χ1n) is 12.1. The Hall–Kier alpha value is -3.98. The molecule has 0 atom stereocenters. The molecular formula is C28H29N5O3S. The van der Waals surface area contributed by atoms with Gasteiger partial charge in [-0.15, -0.1) is 0 Å². The lowest BCUT2D eigenvalue weighted by atomic mass is 10.1. The number of hydrogen-bond donors (Lipinski definition) is 3. The predicted octanol–water partition coefficient (Wildman–Crippen LogP) is 5.94. The molecule has 1 aromatic heterocycles. The molecule has 1 aliphatic heterocycles. The van der Waals surface area contributed by atoms with Crippen molar-refractivity contribution < 1.29 is 14.3 Å². The second-order valence-corrected chi connectivity index (χ2v) is 10.1. The van der Waals surface area contributed by atoms with E-state index in [9.17, 15) is 9.59 Å². The zero-order valence-electron chi connectivity index (χ0n) is 20.8. The van der Waals surface area contributed by atoms with Gasteiger partial charge in [-0.3, -0.25) is 25.4 Å². The number of carbonyl (C=O) groups is 2. The monoisotopic (exact) mass is 515 g/mol. The van der Waals surface area contributed by atoms with Crippen molar-refractivity contribution in [3.8, 4) is 11.5 Å². The highest BCUT2D eigenvalue weighted by Gasteiger charge is 2.22. The van der Waals surface area contributed by atoms with Crippen molar-refractivity contribution >= 4 is 39.4 Å². The Balaban J connectivity index is 1.55. The van der Waals surface area contributed by atoms with Gasteiger partial charge in [0, 0.05) is 48.3 Å². The van der Waals surface area contributed by atoms with Gasteiger partial charge in [0.25, 0.3) is 5.91 Å². The van der Waals surface area contributed by atoms with E-state index in [2.05, 4.69) is 10.3 Å². The number of carbonyl (C=O) groups excluding carboxylic acids is 2. The highest BCUT2D eigenvalue weighted by molar-refractivity contribution is 8.26. The lowest BCUT2D eigenvalue weighted by molar-refractivity contribution is -0.128. The lowest BCUT2D eigenvalue weighted by Gasteiger charge is -2.19. The maximum atomic E-state index is 12.9. The topological polar surface area (TPSA) is 119 Å². The maximum Gasteiger partial charge on any atom is 0.255 e. The third kappa shape index (κ3) is 6.83. The number of nitrogens with one attached hydrogen (secondary N) is 3. The van der Waals surface area contributed by atoms with Crippen LogP contribution >= 0.6 is 11.8 Å². The van der Waals surface area contributed by atoms with Gasteiger partial charge in [-0.1, -0.05) is 31.7 Å². The van der Waals surface area contributed by atoms with E-state index < -0.39 is 0 Å². The summed E-state index contributed by atoms with van der Waals surface area (Å²) in [5, 5.41) is 19.9. The largest absolute Gasteiger partial charge is 0.457 e. The van der Waals surface area contributed by atoms with Gasteiger partial charge in [0.1, 0.15) is 16.5 Å². The van der Waals surface area contributed by atoms with E-state index in [1.807, 2.05) is 19.9 Å². The number of nitrogens with zero attached hydrogens (tertiary/aromatic N) is 2. The molecule has 3 N–H and O–H groups in total. The molecule has 9 heteroatoms. The summed E-state index contributed by atoms with van der Waals surface area (Å²) in [6.45, 7) is 4.95. The number of likely N-dealkylation sites (tertiary alicyclic amines) is 1. The molecule has 0 saturated carbocycles. The van der Waals surface area contributed by atoms with Crippen molar-refractivity contribution in [3.63, 3.8) is 0 Å². The Morgan fingerprint density at radius 1 is 1.14 bits per heavy atom. The molecule has 2 amide bonds. The molecule has 2 aromatic carbocycles. The number of thioether (sulfide) groups is 1. The Morgan fingerprint density at radius 3 is 2.54 bits per heavy atom. The SMILES string of the molecule is CC(C)C(=N)SC(=N)c1ccc(Oc2cc(C(=O)Nc3cccnc3)ccc2CN2CCCC2=O)cc1. The fraction of sp³-hybridized carbons (Fsp3) is 0.250. The molecule has 0 aliphatic carbocycles. The van der Waals surface area contributed by atoms with Crippen LogP contribution in [0, 0.1) is 16.7 Å². The molecular weight excluding hydrogens is 486 g/mol. The molecule has 190 valence electrons. The predicted molar refractivity (Wildman–Crippen MR) is 147 cm³/mol. The van der Waals surface area contributed by atoms with Gasteiger partial charge >= 0.3 is 0 Å². The molecule has 0 radical (unpaired) electrons. The van der Waals surface area contributed by atoms with Gasteiger partial charge < -0.3 is 15.0 Å². The molecule has 4 rings (SSSR count). The molecule has 0 spiro atoms. The number of amides is 2. The first kappa shape index (κ1) is 26.1. The van der Waals surface area contributed by atoms with Crippen molar-refractivity contribution in [1.29, 1.82) is 10.8 Å². The fourth-order valence-corrected chi connectivity index (χ4v) is 4.44. The van der Waals surface area contributed by atoms with Crippen LogP contribution in [0.5, 0.6) is 11.5 Å². The van der Waals surface area contributed by atoms with Crippen LogP contribution in [-0.2, 0) is 11.3 Å². The van der Waals surface area contributed by atoms with Crippen molar-refractivity contribution in [2.24, 2.45) is 5.92 Å². The molecule has 0 bridgehead atoms. The van der Waals surface area contributed by atoms with Crippen molar-refractivity contribution in [2.75, 3.05) is 11.9 Å².